The predicted octanol–water partition coefficient (Wildman–Crippen LogP) is 5.70. The summed E-state index contributed by atoms with van der Waals surface area (Å²) in [5, 5.41) is 4.81. The second-order valence-electron chi connectivity index (χ2n) is 11.7. The number of nitrogens with one attached hydrogen (secondary N) is 1. The zero-order chi connectivity index (χ0) is 31.8. The van der Waals surface area contributed by atoms with Crippen molar-refractivity contribution in [2.45, 2.75) is 57.2 Å². The highest BCUT2D eigenvalue weighted by Crippen LogP contribution is 2.29. The fraction of sp³-hybridized carbons (Fsp3) is 0.333. The molecule has 0 aromatic heterocycles. The van der Waals surface area contributed by atoms with Crippen molar-refractivity contribution in [2.75, 3.05) is 24.2 Å². The summed E-state index contributed by atoms with van der Waals surface area (Å²) in [6.45, 7) is -0.364. The quantitative estimate of drug-likeness (QED) is 0.217. The Balaban J connectivity index is 1.55. The molecule has 1 fully saturated rings. The van der Waals surface area contributed by atoms with Gasteiger partial charge in [0.15, 0.2) is 0 Å². The van der Waals surface area contributed by atoms with Crippen LogP contribution in [0.3, 0.4) is 0 Å². The summed E-state index contributed by atoms with van der Waals surface area (Å²) >= 11 is 0. The molecule has 1 atom stereocenters. The van der Waals surface area contributed by atoms with Crippen LogP contribution in [0.25, 0.3) is 10.8 Å². The lowest BCUT2D eigenvalue weighted by Gasteiger charge is -2.35. The summed E-state index contributed by atoms with van der Waals surface area (Å²) in [6.07, 6.45) is 6.43. The Kier molecular flexibility index (Phi) is 10.4. The van der Waals surface area contributed by atoms with Crippen LogP contribution >= 0.6 is 0 Å². The van der Waals surface area contributed by atoms with Gasteiger partial charge in [0, 0.05) is 24.4 Å². The van der Waals surface area contributed by atoms with E-state index in [4.69, 9.17) is 4.74 Å². The molecule has 236 valence electrons. The number of hydrogen-bond donors (Lipinski definition) is 1. The smallest absolute Gasteiger partial charge is 0.244 e. The molecule has 5 rings (SSSR count). The molecule has 1 aliphatic carbocycles. The number of methoxy groups -OCH3 is 1. The fourth-order valence-corrected chi connectivity index (χ4v) is 6.95. The number of benzene rings is 4. The van der Waals surface area contributed by atoms with Gasteiger partial charge in [-0.15, -0.1) is 0 Å². The number of carbonyl (C=O) groups is 2. The fourth-order valence-electron chi connectivity index (χ4n) is 6.09. The molecule has 1 aliphatic rings. The maximum absolute atomic E-state index is 14.5. The Morgan fingerprint density at radius 3 is 2.27 bits per heavy atom. The number of ether oxygens (including phenoxy) is 1. The standard InChI is InChI=1S/C36H41N3O5S/c1-44-31-20-11-15-28(23-31)25-38(34(24-27-13-5-3-6-14-27)36(41)37-30-18-7-4-8-19-30)35(40)26-39(45(2,42)43)33-22-12-17-29-16-9-10-21-32(29)33/h3,5-6,9-17,20-23,30,34H,4,7-8,18-19,24-26H2,1-2H3,(H,37,41). The predicted molar refractivity (Wildman–Crippen MR) is 179 cm³/mol. The van der Waals surface area contributed by atoms with Crippen LogP contribution < -0.4 is 14.4 Å². The molecule has 8 nitrogen and oxygen atoms in total. The zero-order valence-corrected chi connectivity index (χ0v) is 26.7. The highest BCUT2D eigenvalue weighted by atomic mass is 32.2. The van der Waals surface area contributed by atoms with E-state index in [-0.39, 0.29) is 24.9 Å². The number of nitrogens with zero attached hydrogens (tertiary/aromatic N) is 2. The Morgan fingerprint density at radius 1 is 0.867 bits per heavy atom. The minimum absolute atomic E-state index is 0.0431. The molecule has 1 N–H and O–H groups in total. The lowest BCUT2D eigenvalue weighted by atomic mass is 9.94. The zero-order valence-electron chi connectivity index (χ0n) is 25.9. The van der Waals surface area contributed by atoms with Gasteiger partial charge in [-0.05, 0) is 47.6 Å². The highest BCUT2D eigenvalue weighted by Gasteiger charge is 2.34. The van der Waals surface area contributed by atoms with Gasteiger partial charge in [-0.25, -0.2) is 8.42 Å². The number of carbonyl (C=O) groups excluding carboxylic acids is 2. The average Bonchev–Trinajstić information content (AvgIpc) is 3.05. The highest BCUT2D eigenvalue weighted by molar-refractivity contribution is 7.92. The van der Waals surface area contributed by atoms with E-state index in [0.717, 1.165) is 59.2 Å². The Bertz CT molecular complexity index is 1720. The normalized spacial score (nSPS) is 14.4. The Labute approximate surface area is 266 Å². The van der Waals surface area contributed by atoms with Gasteiger partial charge in [0.25, 0.3) is 0 Å². The first kappa shape index (κ1) is 32.0. The molecule has 1 unspecified atom stereocenters. The van der Waals surface area contributed by atoms with Crippen molar-refractivity contribution < 1.29 is 22.7 Å². The van der Waals surface area contributed by atoms with E-state index in [2.05, 4.69) is 5.32 Å². The lowest BCUT2D eigenvalue weighted by Crippen LogP contribution is -2.55. The maximum Gasteiger partial charge on any atom is 0.244 e. The average molecular weight is 628 g/mol. The van der Waals surface area contributed by atoms with Crippen LogP contribution in [0.5, 0.6) is 5.75 Å². The van der Waals surface area contributed by atoms with Crippen molar-refractivity contribution in [3.8, 4) is 5.75 Å². The minimum atomic E-state index is -3.88. The number of amides is 2. The SMILES string of the molecule is COc1cccc(CN(C(=O)CN(c2cccc3ccccc23)S(C)(=O)=O)C(Cc2ccccc2)C(=O)NC2CCCCC2)c1. The van der Waals surface area contributed by atoms with Crippen molar-refractivity contribution in [3.05, 3.63) is 108 Å². The largest absolute Gasteiger partial charge is 0.497 e. The van der Waals surface area contributed by atoms with Crippen molar-refractivity contribution in [1.82, 2.24) is 10.2 Å². The van der Waals surface area contributed by atoms with Crippen molar-refractivity contribution >= 4 is 38.3 Å². The van der Waals surface area contributed by atoms with Gasteiger partial charge in [-0.1, -0.05) is 98.1 Å². The van der Waals surface area contributed by atoms with Crippen molar-refractivity contribution in [2.24, 2.45) is 0 Å². The van der Waals surface area contributed by atoms with Gasteiger partial charge in [0.1, 0.15) is 18.3 Å². The van der Waals surface area contributed by atoms with Gasteiger partial charge >= 0.3 is 0 Å². The molecule has 2 amide bonds. The third-order valence-corrected chi connectivity index (χ3v) is 9.55. The first-order valence-corrected chi connectivity index (χ1v) is 17.3. The number of hydrogen-bond acceptors (Lipinski definition) is 5. The molecule has 0 spiro atoms. The van der Waals surface area contributed by atoms with Crippen LogP contribution in [-0.2, 0) is 32.6 Å². The number of anilines is 1. The second kappa shape index (κ2) is 14.6. The Morgan fingerprint density at radius 2 is 1.53 bits per heavy atom. The second-order valence-corrected chi connectivity index (χ2v) is 13.6. The number of fused-ring (bicyclic) bond motifs is 1. The van der Waals surface area contributed by atoms with E-state index < -0.39 is 28.5 Å². The van der Waals surface area contributed by atoms with Crippen LogP contribution in [0.4, 0.5) is 5.69 Å². The topological polar surface area (TPSA) is 96.0 Å². The molecule has 45 heavy (non-hydrogen) atoms. The molecule has 4 aromatic rings. The van der Waals surface area contributed by atoms with Crippen LogP contribution in [-0.4, -0.2) is 57.1 Å². The van der Waals surface area contributed by atoms with Gasteiger partial charge < -0.3 is 15.0 Å². The van der Waals surface area contributed by atoms with E-state index >= 15 is 0 Å². The van der Waals surface area contributed by atoms with Gasteiger partial charge in [-0.2, -0.15) is 0 Å². The van der Waals surface area contributed by atoms with Crippen LogP contribution in [0, 0.1) is 0 Å². The van der Waals surface area contributed by atoms with E-state index in [1.807, 2.05) is 84.9 Å². The van der Waals surface area contributed by atoms with E-state index in [1.165, 1.54) is 4.90 Å². The molecule has 9 heteroatoms. The molecule has 0 saturated heterocycles. The minimum Gasteiger partial charge on any atom is -0.497 e. The summed E-state index contributed by atoms with van der Waals surface area (Å²) in [5.41, 5.74) is 2.08. The summed E-state index contributed by atoms with van der Waals surface area (Å²) in [6, 6.07) is 29.0. The molecule has 0 heterocycles. The third kappa shape index (κ3) is 8.22. The van der Waals surface area contributed by atoms with Crippen molar-refractivity contribution in [3.63, 3.8) is 0 Å². The van der Waals surface area contributed by atoms with Crippen LogP contribution in [0.1, 0.15) is 43.2 Å². The first-order valence-electron chi connectivity index (χ1n) is 15.4. The van der Waals surface area contributed by atoms with E-state index in [0.29, 0.717) is 16.8 Å². The van der Waals surface area contributed by atoms with Crippen LogP contribution in [0.15, 0.2) is 97.1 Å². The van der Waals surface area contributed by atoms with Gasteiger partial charge in [0.2, 0.25) is 21.8 Å². The monoisotopic (exact) mass is 627 g/mol. The number of sulfonamides is 1. The molecule has 0 bridgehead atoms. The first-order chi connectivity index (χ1) is 21.7. The summed E-state index contributed by atoms with van der Waals surface area (Å²) in [4.78, 5) is 30.2. The summed E-state index contributed by atoms with van der Waals surface area (Å²) < 4.78 is 33.2. The summed E-state index contributed by atoms with van der Waals surface area (Å²) in [5.74, 6) is -0.0892. The van der Waals surface area contributed by atoms with E-state index in [9.17, 15) is 18.0 Å². The molecule has 0 aliphatic heterocycles. The van der Waals surface area contributed by atoms with Crippen molar-refractivity contribution in [1.29, 1.82) is 0 Å². The third-order valence-electron chi connectivity index (χ3n) is 8.42. The Hall–Kier alpha value is -4.37. The van der Waals surface area contributed by atoms with Gasteiger partial charge in [0.05, 0.1) is 19.1 Å². The molecular formula is C36H41N3O5S. The molecule has 1 saturated carbocycles. The summed E-state index contributed by atoms with van der Waals surface area (Å²) in [7, 11) is -2.31. The van der Waals surface area contributed by atoms with E-state index in [1.54, 1.807) is 19.2 Å². The molecular weight excluding hydrogens is 586 g/mol. The number of rotatable bonds is 12. The van der Waals surface area contributed by atoms with Crippen LogP contribution in [0.2, 0.25) is 0 Å². The molecule has 0 radical (unpaired) electrons. The van der Waals surface area contributed by atoms with Gasteiger partial charge in [-0.3, -0.25) is 13.9 Å². The maximum atomic E-state index is 14.5. The molecule has 4 aromatic carbocycles. The lowest BCUT2D eigenvalue weighted by molar-refractivity contribution is -0.140.